The average Bonchev–Trinajstić information content (AvgIpc) is 3.91. The topological polar surface area (TPSA) is 130 Å². The highest BCUT2D eigenvalue weighted by Crippen LogP contribution is 2.71. The number of ether oxygens (including phenoxy) is 3. The van der Waals surface area contributed by atoms with Crippen LogP contribution in [0.4, 0.5) is 0 Å². The number of allylic oxidation sites excluding steroid dienone is 6. The minimum absolute atomic E-state index is 0.0157. The Hall–Kier alpha value is -3.62. The molecule has 9 aliphatic carbocycles. The number of esters is 3. The molecule has 0 aromatic rings. The van der Waals surface area contributed by atoms with Crippen molar-refractivity contribution in [2.75, 3.05) is 14.2 Å². The van der Waals surface area contributed by atoms with Gasteiger partial charge in [0.25, 0.3) is 0 Å². The van der Waals surface area contributed by atoms with Gasteiger partial charge in [-0.3, -0.25) is 28.8 Å². The lowest BCUT2D eigenvalue weighted by atomic mass is 9.44. The Bertz CT molecular complexity index is 2000. The lowest BCUT2D eigenvalue weighted by molar-refractivity contribution is -0.167. The number of Topliss-reactive ketones (excluding diaryl/α,β-unsaturated/α-hetero) is 1. The number of rotatable bonds is 2. The summed E-state index contributed by atoms with van der Waals surface area (Å²) in [5.41, 5.74) is 4.82. The molecule has 1 aliphatic heterocycles. The molecule has 306 valence electrons. The second-order valence-electron chi connectivity index (χ2n) is 20.4. The fourth-order valence-electron chi connectivity index (χ4n) is 15.5. The summed E-state index contributed by atoms with van der Waals surface area (Å²) in [6.07, 6.45) is 18.4. The first-order valence-electron chi connectivity index (χ1n) is 21.9. The monoisotopic (exact) mass is 780 g/mol. The molecule has 57 heavy (non-hydrogen) atoms. The van der Waals surface area contributed by atoms with E-state index < -0.39 is 11.3 Å². The molecule has 0 aromatic heterocycles. The highest BCUT2D eigenvalue weighted by molar-refractivity contribution is 5.96. The third-order valence-electron chi connectivity index (χ3n) is 18.2. The Kier molecular flexibility index (Phi) is 9.00. The SMILES string of the molecule is COC(=O)[C@@H]1CC2=CC(=O)CCC2(C)C2C1C1CC[C@@]3(CCC(=O)O3)C1C[C@H]2C.COC(=O)[C@@H]1CC2=CC(=O)CC[C@]2(C)C2=C1C1=CC[C@@]3(C)CCC(=O)[C@@]13CC2. The van der Waals surface area contributed by atoms with Crippen LogP contribution in [0.2, 0.25) is 0 Å². The van der Waals surface area contributed by atoms with Crippen LogP contribution >= 0.6 is 0 Å². The first kappa shape index (κ1) is 38.9. The molecule has 2 spiro atoms. The summed E-state index contributed by atoms with van der Waals surface area (Å²) in [5.74, 6) is 1.44. The van der Waals surface area contributed by atoms with Crippen LogP contribution in [0.15, 0.2) is 46.1 Å². The van der Waals surface area contributed by atoms with Crippen LogP contribution in [0.1, 0.15) is 130 Å². The van der Waals surface area contributed by atoms with E-state index in [1.165, 1.54) is 19.8 Å². The van der Waals surface area contributed by atoms with Gasteiger partial charge in [0.15, 0.2) is 11.6 Å². The summed E-state index contributed by atoms with van der Waals surface area (Å²) in [6, 6.07) is 0. The van der Waals surface area contributed by atoms with Crippen LogP contribution in [0.25, 0.3) is 0 Å². The maximum atomic E-state index is 13.2. The van der Waals surface area contributed by atoms with Crippen molar-refractivity contribution < 1.29 is 43.0 Å². The zero-order chi connectivity index (χ0) is 40.4. The van der Waals surface area contributed by atoms with Gasteiger partial charge in [0.2, 0.25) is 0 Å². The Balaban J connectivity index is 0.000000148. The lowest BCUT2D eigenvalue weighted by Crippen LogP contribution is -2.57. The van der Waals surface area contributed by atoms with Crippen LogP contribution in [-0.4, -0.2) is 55.1 Å². The van der Waals surface area contributed by atoms with Crippen molar-refractivity contribution in [3.05, 3.63) is 46.1 Å². The van der Waals surface area contributed by atoms with Crippen molar-refractivity contribution in [2.45, 2.75) is 136 Å². The number of ketones is 3. The van der Waals surface area contributed by atoms with E-state index in [0.29, 0.717) is 68.0 Å². The van der Waals surface area contributed by atoms with E-state index in [1.54, 1.807) is 6.08 Å². The molecule has 4 saturated carbocycles. The van der Waals surface area contributed by atoms with Gasteiger partial charge in [0, 0.05) is 37.0 Å². The zero-order valence-electron chi connectivity index (χ0n) is 34.8. The van der Waals surface area contributed by atoms with E-state index in [0.717, 1.165) is 86.5 Å². The summed E-state index contributed by atoms with van der Waals surface area (Å²) in [4.78, 5) is 75.3. The average molecular weight is 781 g/mol. The Morgan fingerprint density at radius 2 is 1.51 bits per heavy atom. The van der Waals surface area contributed by atoms with Crippen molar-refractivity contribution in [3.8, 4) is 0 Å². The molecule has 5 fully saturated rings. The molecular weight excluding hydrogens is 721 g/mol. The van der Waals surface area contributed by atoms with E-state index in [-0.39, 0.29) is 63.2 Å². The third kappa shape index (κ3) is 5.30. The van der Waals surface area contributed by atoms with Crippen LogP contribution in [0.3, 0.4) is 0 Å². The minimum Gasteiger partial charge on any atom is -0.469 e. The van der Waals surface area contributed by atoms with E-state index >= 15 is 0 Å². The molecule has 0 bridgehead atoms. The molecule has 9 nitrogen and oxygen atoms in total. The molecule has 10 aliphatic rings. The minimum atomic E-state index is -0.416. The zero-order valence-corrected chi connectivity index (χ0v) is 34.8. The van der Waals surface area contributed by atoms with Gasteiger partial charge < -0.3 is 14.2 Å². The number of carbonyl (C=O) groups is 6. The van der Waals surface area contributed by atoms with Gasteiger partial charge in [0.05, 0.1) is 31.5 Å². The van der Waals surface area contributed by atoms with Crippen molar-refractivity contribution >= 4 is 35.3 Å². The van der Waals surface area contributed by atoms with Gasteiger partial charge in [-0.05, 0) is 135 Å². The Morgan fingerprint density at radius 1 is 0.789 bits per heavy atom. The van der Waals surface area contributed by atoms with E-state index in [4.69, 9.17) is 14.2 Å². The van der Waals surface area contributed by atoms with Gasteiger partial charge in [-0.15, -0.1) is 0 Å². The van der Waals surface area contributed by atoms with E-state index in [2.05, 4.69) is 33.8 Å². The number of methoxy groups -OCH3 is 2. The van der Waals surface area contributed by atoms with Crippen LogP contribution < -0.4 is 0 Å². The third-order valence-corrected chi connectivity index (χ3v) is 18.2. The first-order valence-corrected chi connectivity index (χ1v) is 21.9. The molecule has 0 N–H and O–H groups in total. The molecule has 0 amide bonds. The standard InChI is InChI=1S/C24H32O5.C24H28O4/c1-13-10-18-16(5-8-24(18)9-6-19(26)29-24)20-17(22(27)28-3)12-14-11-15(25)4-7-23(14,2)21(13)20;1-22-8-5-18-20-16(21(27)28-3)13-14-12-15(25)4-10-23(14,2)17(20)6-11-24(18,22)19(26)7-9-22/h11,13,16-18,20-21H,4-10,12H2,1-3H3;5,12,16H,4,6-11,13H2,1-3H3/t13-,16?,17-,18?,20?,21?,23?,24-;16-,22+,23+,24-/m11/s1. The number of hydrogen-bond acceptors (Lipinski definition) is 9. The maximum absolute atomic E-state index is 13.2. The second-order valence-corrected chi connectivity index (χ2v) is 20.4. The van der Waals surface area contributed by atoms with Gasteiger partial charge >= 0.3 is 17.9 Å². The van der Waals surface area contributed by atoms with Crippen LogP contribution in [-0.2, 0) is 43.0 Å². The summed E-state index contributed by atoms with van der Waals surface area (Å²) in [5, 5.41) is 0. The molecule has 12 atom stereocenters. The summed E-state index contributed by atoms with van der Waals surface area (Å²) in [7, 11) is 2.91. The van der Waals surface area contributed by atoms with Crippen molar-refractivity contribution in [1.29, 1.82) is 0 Å². The fraction of sp³-hybridized carbons (Fsp3) is 0.708. The molecule has 9 heteroatoms. The van der Waals surface area contributed by atoms with Gasteiger partial charge in [-0.1, -0.05) is 50.5 Å². The van der Waals surface area contributed by atoms with Gasteiger partial charge in [0.1, 0.15) is 11.4 Å². The summed E-state index contributed by atoms with van der Waals surface area (Å²) >= 11 is 0. The highest BCUT2D eigenvalue weighted by Gasteiger charge is 2.67. The Labute approximate surface area is 336 Å². The van der Waals surface area contributed by atoms with Gasteiger partial charge in [-0.25, -0.2) is 0 Å². The molecule has 1 saturated heterocycles. The Morgan fingerprint density at radius 3 is 2.21 bits per heavy atom. The van der Waals surface area contributed by atoms with Crippen LogP contribution in [0, 0.1) is 63.1 Å². The highest BCUT2D eigenvalue weighted by atomic mass is 16.6. The molecule has 0 aromatic carbocycles. The van der Waals surface area contributed by atoms with Gasteiger partial charge in [-0.2, -0.15) is 0 Å². The summed E-state index contributed by atoms with van der Waals surface area (Å²) in [6.45, 7) is 9.13. The molecule has 5 unspecified atom stereocenters. The number of hydrogen-bond donors (Lipinski definition) is 0. The van der Waals surface area contributed by atoms with E-state index in [9.17, 15) is 28.8 Å². The van der Waals surface area contributed by atoms with E-state index in [1.807, 2.05) is 6.08 Å². The number of carbonyl (C=O) groups excluding carboxylic acids is 6. The quantitative estimate of drug-likeness (QED) is 0.202. The first-order chi connectivity index (χ1) is 27.1. The molecule has 1 heterocycles. The van der Waals surface area contributed by atoms with Crippen LogP contribution in [0.5, 0.6) is 0 Å². The fourth-order valence-corrected chi connectivity index (χ4v) is 15.5. The number of fused-ring (bicyclic) bond motifs is 9. The smallest absolute Gasteiger partial charge is 0.313 e. The molecule has 0 radical (unpaired) electrons. The largest absolute Gasteiger partial charge is 0.469 e. The molecular formula is C48H60O9. The maximum Gasteiger partial charge on any atom is 0.313 e. The normalized spacial score (nSPS) is 45.1. The van der Waals surface area contributed by atoms with Crippen molar-refractivity contribution in [1.82, 2.24) is 0 Å². The predicted molar refractivity (Wildman–Crippen MR) is 210 cm³/mol. The summed E-state index contributed by atoms with van der Waals surface area (Å²) < 4.78 is 16.4. The lowest BCUT2D eigenvalue weighted by Gasteiger charge is -2.60. The second kappa shape index (κ2) is 13.2. The predicted octanol–water partition coefficient (Wildman–Crippen LogP) is 8.10. The van der Waals surface area contributed by atoms with Crippen molar-refractivity contribution in [3.63, 3.8) is 0 Å². The van der Waals surface area contributed by atoms with Crippen molar-refractivity contribution in [2.24, 2.45) is 63.1 Å². The molecule has 10 rings (SSSR count).